The Balaban J connectivity index is 1.49. The Labute approximate surface area is 253 Å². The van der Waals surface area contributed by atoms with Crippen LogP contribution in [0, 0.1) is 5.92 Å². The van der Waals surface area contributed by atoms with Crippen molar-refractivity contribution in [2.45, 2.75) is 37.3 Å². The van der Waals surface area contributed by atoms with E-state index in [4.69, 9.17) is 0 Å². The van der Waals surface area contributed by atoms with Crippen molar-refractivity contribution in [1.82, 2.24) is 0 Å². The summed E-state index contributed by atoms with van der Waals surface area (Å²) >= 11 is 3.47. The first kappa shape index (κ1) is 26.6. The molecule has 0 unspecified atom stereocenters. The average Bonchev–Trinajstić information content (AvgIpc) is 3.50. The number of benzene rings is 4. The molecule has 1 amide bonds. The molecule has 1 fully saturated rings. The first-order valence-corrected chi connectivity index (χ1v) is 15.1. The first-order valence-electron chi connectivity index (χ1n) is 14.3. The molecule has 3 heterocycles. The maximum absolute atomic E-state index is 14.8. The lowest BCUT2D eigenvalue weighted by atomic mass is 9.64. The third-order valence-electron chi connectivity index (χ3n) is 9.00. The molecule has 3 aliphatic heterocycles. The van der Waals surface area contributed by atoms with Gasteiger partial charge in [0, 0.05) is 27.0 Å². The summed E-state index contributed by atoms with van der Waals surface area (Å²) in [7, 11) is 0. The molecule has 4 aromatic rings. The predicted molar refractivity (Wildman–Crippen MR) is 169 cm³/mol. The van der Waals surface area contributed by atoms with Crippen molar-refractivity contribution in [3.05, 3.63) is 135 Å². The number of nitrogens with one attached hydrogen (secondary N) is 1. The Morgan fingerprint density at radius 1 is 0.857 bits per heavy atom. The van der Waals surface area contributed by atoms with Crippen molar-refractivity contribution in [1.29, 1.82) is 0 Å². The molecule has 208 valence electrons. The molecule has 0 aliphatic carbocycles. The standard InChI is InChI=1S/C36H29BrN2O3/c1-2-7-22-12-14-25(15-13-22)34(41)32-31(33(40)24-16-19-26(37)20-17-24)36(27-9-4-5-10-28(27)38-35(36)42)30-21-18-23-8-3-6-11-29(23)39(30)32/h3-6,8-21,30-32H,2,7H2,1H3,(H,38,42)/t30-,31-,32+,36+/m1/s1. The van der Waals surface area contributed by atoms with Crippen LogP contribution >= 0.6 is 15.9 Å². The molecule has 3 aliphatic rings. The van der Waals surface area contributed by atoms with Gasteiger partial charge in [0.1, 0.15) is 11.5 Å². The van der Waals surface area contributed by atoms with E-state index in [1.165, 1.54) is 0 Å². The monoisotopic (exact) mass is 616 g/mol. The minimum atomic E-state index is -1.31. The molecule has 0 aromatic heterocycles. The number of hydrogen-bond donors (Lipinski definition) is 1. The number of amides is 1. The molecule has 6 heteroatoms. The molecule has 42 heavy (non-hydrogen) atoms. The van der Waals surface area contributed by atoms with E-state index in [1.54, 1.807) is 12.1 Å². The highest BCUT2D eigenvalue weighted by Crippen LogP contribution is 2.58. The fourth-order valence-corrected chi connectivity index (χ4v) is 7.47. The molecule has 1 N–H and O–H groups in total. The van der Waals surface area contributed by atoms with E-state index in [0.717, 1.165) is 39.7 Å². The summed E-state index contributed by atoms with van der Waals surface area (Å²) < 4.78 is 0.846. The smallest absolute Gasteiger partial charge is 0.238 e. The summed E-state index contributed by atoms with van der Waals surface area (Å²) in [5, 5.41) is 3.08. The van der Waals surface area contributed by atoms with E-state index in [0.29, 0.717) is 16.8 Å². The summed E-state index contributed by atoms with van der Waals surface area (Å²) in [6.45, 7) is 2.13. The lowest BCUT2D eigenvalue weighted by Gasteiger charge is -2.37. The van der Waals surface area contributed by atoms with Crippen molar-refractivity contribution in [3.8, 4) is 0 Å². The van der Waals surface area contributed by atoms with Gasteiger partial charge in [-0.25, -0.2) is 0 Å². The van der Waals surface area contributed by atoms with Crippen LogP contribution in [0.1, 0.15) is 50.8 Å². The van der Waals surface area contributed by atoms with Gasteiger partial charge in [-0.05, 0) is 47.4 Å². The van der Waals surface area contributed by atoms with Gasteiger partial charge < -0.3 is 10.2 Å². The van der Waals surface area contributed by atoms with Crippen molar-refractivity contribution < 1.29 is 14.4 Å². The molecule has 0 bridgehead atoms. The number of nitrogens with zero attached hydrogens (tertiary/aromatic N) is 1. The van der Waals surface area contributed by atoms with Crippen LogP contribution in [0.2, 0.25) is 0 Å². The molecule has 5 nitrogen and oxygen atoms in total. The average molecular weight is 618 g/mol. The number of carbonyl (C=O) groups is 3. The van der Waals surface area contributed by atoms with Gasteiger partial charge >= 0.3 is 0 Å². The van der Waals surface area contributed by atoms with Crippen molar-refractivity contribution in [2.24, 2.45) is 5.92 Å². The number of halogens is 1. The molecule has 0 radical (unpaired) electrons. The zero-order valence-corrected chi connectivity index (χ0v) is 24.7. The van der Waals surface area contributed by atoms with Gasteiger partial charge in [0.25, 0.3) is 0 Å². The van der Waals surface area contributed by atoms with Gasteiger partial charge in [-0.15, -0.1) is 0 Å². The van der Waals surface area contributed by atoms with E-state index in [-0.39, 0.29) is 17.5 Å². The van der Waals surface area contributed by atoms with Crippen LogP contribution in [-0.4, -0.2) is 29.6 Å². The molecule has 4 atom stereocenters. The molecule has 4 aromatic carbocycles. The van der Waals surface area contributed by atoms with E-state index in [1.807, 2.05) is 102 Å². The number of rotatable bonds is 6. The maximum atomic E-state index is 14.8. The van der Waals surface area contributed by atoms with Crippen LogP contribution in [0.3, 0.4) is 0 Å². The van der Waals surface area contributed by atoms with Crippen molar-refractivity contribution >= 4 is 50.9 Å². The lowest BCUT2D eigenvalue weighted by molar-refractivity contribution is -0.121. The van der Waals surface area contributed by atoms with E-state index < -0.39 is 23.4 Å². The fourth-order valence-electron chi connectivity index (χ4n) is 7.21. The topological polar surface area (TPSA) is 66.5 Å². The largest absolute Gasteiger partial charge is 0.352 e. The Morgan fingerprint density at radius 2 is 1.52 bits per heavy atom. The molecular weight excluding hydrogens is 588 g/mol. The molecule has 1 spiro atoms. The highest BCUT2D eigenvalue weighted by molar-refractivity contribution is 9.10. The van der Waals surface area contributed by atoms with Crippen LogP contribution in [-0.2, 0) is 16.6 Å². The third-order valence-corrected chi connectivity index (χ3v) is 9.53. The van der Waals surface area contributed by atoms with Gasteiger partial charge in [0.2, 0.25) is 5.91 Å². The van der Waals surface area contributed by atoms with Crippen molar-refractivity contribution in [3.63, 3.8) is 0 Å². The van der Waals surface area contributed by atoms with Crippen molar-refractivity contribution in [2.75, 3.05) is 10.2 Å². The van der Waals surface area contributed by atoms with Gasteiger partial charge in [-0.1, -0.05) is 114 Å². The molecular formula is C36H29BrN2O3. The number of ketones is 2. The summed E-state index contributed by atoms with van der Waals surface area (Å²) in [6.07, 6.45) is 5.95. The van der Waals surface area contributed by atoms with E-state index in [9.17, 15) is 14.4 Å². The van der Waals surface area contributed by atoms with Crippen LogP contribution < -0.4 is 10.2 Å². The second-order valence-corrected chi connectivity index (χ2v) is 12.2. The summed E-state index contributed by atoms with van der Waals surface area (Å²) in [5.74, 6) is -1.63. The van der Waals surface area contributed by atoms with E-state index >= 15 is 0 Å². The quantitative estimate of drug-likeness (QED) is 0.232. The highest BCUT2D eigenvalue weighted by Gasteiger charge is 2.70. The van der Waals surface area contributed by atoms with Crippen LogP contribution in [0.25, 0.3) is 6.08 Å². The SMILES string of the molecule is CCCc1ccc(C(=O)[C@@H]2[C@H](C(=O)c3ccc(Br)cc3)[C@@]3(C(=O)Nc4ccccc43)[C@H]3C=Cc4ccccc4N23)cc1. The van der Waals surface area contributed by atoms with Crippen LogP contribution in [0.15, 0.2) is 108 Å². The third kappa shape index (κ3) is 3.85. The zero-order valence-electron chi connectivity index (χ0n) is 23.1. The number of anilines is 2. The van der Waals surface area contributed by atoms with Crippen LogP contribution in [0.4, 0.5) is 11.4 Å². The number of Topliss-reactive ketones (excluding diaryl/α,β-unsaturated/α-hetero) is 2. The second kappa shape index (κ2) is 10.2. The predicted octanol–water partition coefficient (Wildman–Crippen LogP) is 7.26. The summed E-state index contributed by atoms with van der Waals surface area (Å²) in [5.41, 5.74) is 4.06. The number of carbonyl (C=O) groups excluding carboxylic acids is 3. The normalized spacial score (nSPS) is 23.3. The molecule has 0 saturated carbocycles. The fraction of sp³-hybridized carbons (Fsp3) is 0.194. The number of hydrogen-bond acceptors (Lipinski definition) is 4. The Morgan fingerprint density at radius 3 is 2.29 bits per heavy atom. The second-order valence-electron chi connectivity index (χ2n) is 11.2. The molecule has 7 rings (SSSR count). The number of fused-ring (bicyclic) bond motifs is 6. The highest BCUT2D eigenvalue weighted by atomic mass is 79.9. The summed E-state index contributed by atoms with van der Waals surface area (Å²) in [6, 6.07) is 28.9. The minimum Gasteiger partial charge on any atom is -0.352 e. The minimum absolute atomic E-state index is 0.169. The van der Waals surface area contributed by atoms with Crippen LogP contribution in [0.5, 0.6) is 0 Å². The summed E-state index contributed by atoms with van der Waals surface area (Å²) in [4.78, 5) is 46.0. The Kier molecular flexibility index (Phi) is 6.47. The van der Waals surface area contributed by atoms with Gasteiger partial charge in [0.05, 0.1) is 12.0 Å². The Hall–Kier alpha value is -4.29. The lowest BCUT2D eigenvalue weighted by Crippen LogP contribution is -2.51. The Bertz CT molecular complexity index is 1760. The maximum Gasteiger partial charge on any atom is 0.238 e. The van der Waals surface area contributed by atoms with E-state index in [2.05, 4.69) is 28.2 Å². The van der Waals surface area contributed by atoms with Gasteiger partial charge in [-0.3, -0.25) is 14.4 Å². The number of aryl methyl sites for hydroxylation is 1. The first-order chi connectivity index (χ1) is 20.4. The van der Waals surface area contributed by atoms with Gasteiger partial charge in [0.15, 0.2) is 11.6 Å². The molecule has 1 saturated heterocycles. The van der Waals surface area contributed by atoms with Gasteiger partial charge in [-0.2, -0.15) is 0 Å². The zero-order chi connectivity index (χ0) is 29.0. The number of para-hydroxylation sites is 2.